The van der Waals surface area contributed by atoms with Crippen LogP contribution in [-0.4, -0.2) is 21.6 Å². The standard InChI is InChI=1S/C19H15NO5/c21-16-9-5-14(6-10-16)7-11-17(22)13-18(23)12-8-15-3-1-2-4-19(15)20(24)25/h1-12,21H,13H2/b11-7+,12-8+. The Labute approximate surface area is 143 Å². The third-order valence-electron chi connectivity index (χ3n) is 3.29. The van der Waals surface area contributed by atoms with Crippen LogP contribution in [0.5, 0.6) is 5.75 Å². The van der Waals surface area contributed by atoms with Crippen molar-refractivity contribution in [3.05, 3.63) is 81.9 Å². The molecule has 0 spiro atoms. The number of hydrogen-bond acceptors (Lipinski definition) is 5. The van der Waals surface area contributed by atoms with Gasteiger partial charge in [-0.2, -0.15) is 0 Å². The lowest BCUT2D eigenvalue weighted by Gasteiger charge is -1.96. The van der Waals surface area contributed by atoms with Gasteiger partial charge in [-0.15, -0.1) is 0 Å². The number of benzene rings is 2. The van der Waals surface area contributed by atoms with Gasteiger partial charge < -0.3 is 5.11 Å². The van der Waals surface area contributed by atoms with Crippen LogP contribution in [0.1, 0.15) is 17.5 Å². The third kappa shape index (κ3) is 5.54. The van der Waals surface area contributed by atoms with Gasteiger partial charge in [0.05, 0.1) is 16.9 Å². The van der Waals surface area contributed by atoms with Crippen molar-refractivity contribution in [3.63, 3.8) is 0 Å². The molecule has 0 aliphatic heterocycles. The second-order valence-electron chi connectivity index (χ2n) is 5.18. The molecule has 25 heavy (non-hydrogen) atoms. The van der Waals surface area contributed by atoms with E-state index < -0.39 is 10.7 Å². The van der Waals surface area contributed by atoms with Crippen molar-refractivity contribution in [2.24, 2.45) is 0 Å². The second kappa shape index (κ2) is 8.35. The highest BCUT2D eigenvalue weighted by atomic mass is 16.6. The lowest BCUT2D eigenvalue weighted by atomic mass is 10.1. The summed E-state index contributed by atoms with van der Waals surface area (Å²) >= 11 is 0. The SMILES string of the molecule is O=C(/C=C/c1ccc(O)cc1)CC(=O)/C=C/c1ccccc1[N+](=O)[O-]. The van der Waals surface area contributed by atoms with Crippen LogP contribution < -0.4 is 0 Å². The summed E-state index contributed by atoms with van der Waals surface area (Å²) in [5.74, 6) is -0.706. The first-order chi connectivity index (χ1) is 12.0. The minimum atomic E-state index is -0.532. The Morgan fingerprint density at radius 1 is 0.960 bits per heavy atom. The van der Waals surface area contributed by atoms with E-state index in [1.54, 1.807) is 24.3 Å². The summed E-state index contributed by atoms with van der Waals surface area (Å²) in [7, 11) is 0. The molecule has 2 aromatic rings. The Morgan fingerprint density at radius 2 is 1.56 bits per heavy atom. The first-order valence-electron chi connectivity index (χ1n) is 7.40. The predicted octanol–water partition coefficient (Wildman–Crippen LogP) is 3.56. The number of rotatable bonds is 7. The van der Waals surface area contributed by atoms with Gasteiger partial charge in [0.15, 0.2) is 11.6 Å². The molecule has 0 bridgehead atoms. The first kappa shape index (κ1) is 17.8. The monoisotopic (exact) mass is 337 g/mol. The summed E-state index contributed by atoms with van der Waals surface area (Å²) in [6, 6.07) is 12.3. The molecule has 0 saturated carbocycles. The number of phenolic OH excluding ortho intramolecular Hbond substituents is 1. The fourth-order valence-electron chi connectivity index (χ4n) is 2.04. The Hall–Kier alpha value is -3.54. The van der Waals surface area contributed by atoms with Gasteiger partial charge >= 0.3 is 0 Å². The van der Waals surface area contributed by atoms with Crippen molar-refractivity contribution in [1.29, 1.82) is 0 Å². The number of nitro groups is 1. The van der Waals surface area contributed by atoms with Gasteiger partial charge in [0.25, 0.3) is 5.69 Å². The van der Waals surface area contributed by atoms with E-state index >= 15 is 0 Å². The molecule has 0 atom stereocenters. The number of carbonyl (C=O) groups excluding carboxylic acids is 2. The van der Waals surface area contributed by atoms with E-state index in [0.717, 1.165) is 6.08 Å². The zero-order chi connectivity index (χ0) is 18.2. The Morgan fingerprint density at radius 3 is 2.20 bits per heavy atom. The largest absolute Gasteiger partial charge is 0.508 e. The number of ketones is 2. The summed E-state index contributed by atoms with van der Waals surface area (Å²) < 4.78 is 0. The van der Waals surface area contributed by atoms with Gasteiger partial charge in [0.1, 0.15) is 5.75 Å². The van der Waals surface area contributed by atoms with Crippen molar-refractivity contribution < 1.29 is 19.6 Å². The number of nitro benzene ring substituents is 1. The van der Waals surface area contributed by atoms with Crippen LogP contribution in [-0.2, 0) is 9.59 Å². The Bertz CT molecular complexity index is 850. The van der Waals surface area contributed by atoms with Gasteiger partial charge in [-0.3, -0.25) is 19.7 Å². The summed E-state index contributed by atoms with van der Waals surface area (Å²) in [5, 5.41) is 20.1. The number of phenols is 1. The molecule has 2 aromatic carbocycles. The highest BCUT2D eigenvalue weighted by molar-refractivity contribution is 6.11. The van der Waals surface area contributed by atoms with Crippen LogP contribution in [0.25, 0.3) is 12.2 Å². The molecular weight excluding hydrogens is 322 g/mol. The predicted molar refractivity (Wildman–Crippen MR) is 93.9 cm³/mol. The molecule has 0 fully saturated rings. The lowest BCUT2D eigenvalue weighted by molar-refractivity contribution is -0.385. The summed E-state index contributed by atoms with van der Waals surface area (Å²) in [4.78, 5) is 34.0. The van der Waals surface area contributed by atoms with Gasteiger partial charge in [-0.05, 0) is 42.0 Å². The van der Waals surface area contributed by atoms with Crippen LogP contribution in [0.3, 0.4) is 0 Å². The topological polar surface area (TPSA) is 97.5 Å². The molecular formula is C19H15NO5. The van der Waals surface area contributed by atoms with Crippen LogP contribution >= 0.6 is 0 Å². The molecule has 0 amide bonds. The molecule has 6 heteroatoms. The minimum absolute atomic E-state index is 0.106. The average Bonchev–Trinajstić information content (AvgIpc) is 2.59. The maximum absolute atomic E-state index is 11.8. The van der Waals surface area contributed by atoms with E-state index in [1.165, 1.54) is 42.5 Å². The van der Waals surface area contributed by atoms with Crippen LogP contribution in [0.2, 0.25) is 0 Å². The zero-order valence-corrected chi connectivity index (χ0v) is 13.2. The van der Waals surface area contributed by atoms with Crippen LogP contribution in [0.4, 0.5) is 5.69 Å². The highest BCUT2D eigenvalue weighted by Gasteiger charge is 2.10. The number of allylic oxidation sites excluding steroid dienone is 2. The Balaban J connectivity index is 1.96. The van der Waals surface area contributed by atoms with E-state index in [0.29, 0.717) is 11.1 Å². The number of hydrogen-bond donors (Lipinski definition) is 1. The van der Waals surface area contributed by atoms with Crippen molar-refractivity contribution >= 4 is 29.4 Å². The quantitative estimate of drug-likeness (QED) is 0.360. The fraction of sp³-hybridized carbons (Fsp3) is 0.0526. The molecule has 0 unspecified atom stereocenters. The molecule has 0 aliphatic rings. The van der Waals surface area contributed by atoms with E-state index in [4.69, 9.17) is 0 Å². The van der Waals surface area contributed by atoms with E-state index in [-0.39, 0.29) is 23.6 Å². The molecule has 0 radical (unpaired) electrons. The maximum atomic E-state index is 11.8. The van der Waals surface area contributed by atoms with Crippen LogP contribution in [0.15, 0.2) is 60.7 Å². The van der Waals surface area contributed by atoms with Crippen LogP contribution in [0, 0.1) is 10.1 Å². The zero-order valence-electron chi connectivity index (χ0n) is 13.2. The van der Waals surface area contributed by atoms with E-state index in [2.05, 4.69) is 0 Å². The summed E-state index contributed by atoms with van der Waals surface area (Å²) in [6.07, 6.45) is 4.99. The molecule has 1 N–H and O–H groups in total. The normalized spacial score (nSPS) is 11.0. The van der Waals surface area contributed by atoms with Gasteiger partial charge in [0.2, 0.25) is 0 Å². The molecule has 2 rings (SSSR count). The highest BCUT2D eigenvalue weighted by Crippen LogP contribution is 2.19. The van der Waals surface area contributed by atoms with Gasteiger partial charge in [0, 0.05) is 6.07 Å². The number of aromatic hydroxyl groups is 1. The van der Waals surface area contributed by atoms with E-state index in [9.17, 15) is 24.8 Å². The Kier molecular flexibility index (Phi) is 5.95. The van der Waals surface area contributed by atoms with Crippen molar-refractivity contribution in [3.8, 4) is 5.75 Å². The van der Waals surface area contributed by atoms with E-state index in [1.807, 2.05) is 0 Å². The fourth-order valence-corrected chi connectivity index (χ4v) is 2.04. The number of nitrogens with zero attached hydrogens (tertiary/aromatic N) is 1. The third-order valence-corrected chi connectivity index (χ3v) is 3.29. The van der Waals surface area contributed by atoms with Crippen molar-refractivity contribution in [2.75, 3.05) is 0 Å². The molecule has 0 aromatic heterocycles. The maximum Gasteiger partial charge on any atom is 0.276 e. The average molecular weight is 337 g/mol. The lowest BCUT2D eigenvalue weighted by Crippen LogP contribution is -2.02. The minimum Gasteiger partial charge on any atom is -0.508 e. The first-order valence-corrected chi connectivity index (χ1v) is 7.40. The molecule has 126 valence electrons. The number of carbonyl (C=O) groups is 2. The molecule has 0 aliphatic carbocycles. The smallest absolute Gasteiger partial charge is 0.276 e. The molecule has 6 nitrogen and oxygen atoms in total. The molecule has 0 heterocycles. The summed E-state index contributed by atoms with van der Waals surface area (Å²) in [6.45, 7) is 0. The van der Waals surface area contributed by atoms with Crippen molar-refractivity contribution in [2.45, 2.75) is 6.42 Å². The van der Waals surface area contributed by atoms with Gasteiger partial charge in [-0.1, -0.05) is 30.3 Å². The summed E-state index contributed by atoms with van der Waals surface area (Å²) in [5.41, 5.74) is 0.909. The molecule has 0 saturated heterocycles. The van der Waals surface area contributed by atoms with Gasteiger partial charge in [-0.25, -0.2) is 0 Å². The number of para-hydroxylation sites is 1. The van der Waals surface area contributed by atoms with Crippen molar-refractivity contribution in [1.82, 2.24) is 0 Å². The second-order valence-corrected chi connectivity index (χ2v) is 5.18.